The Bertz CT molecular complexity index is 1720. The van der Waals surface area contributed by atoms with Gasteiger partial charge >= 0.3 is 12.4 Å². The van der Waals surface area contributed by atoms with Crippen LogP contribution in [-0.2, 0) is 12.4 Å². The van der Waals surface area contributed by atoms with E-state index < -0.39 is 73.7 Å². The van der Waals surface area contributed by atoms with Gasteiger partial charge in [0.05, 0.1) is 39.0 Å². The number of halogens is 6. The van der Waals surface area contributed by atoms with Crippen LogP contribution in [0.15, 0.2) is 18.2 Å². The van der Waals surface area contributed by atoms with Crippen molar-refractivity contribution in [3.63, 3.8) is 0 Å². The van der Waals surface area contributed by atoms with E-state index in [0.717, 1.165) is 24.3 Å². The third-order valence-electron chi connectivity index (χ3n) is 4.71. The molecular weight excluding hydrogens is 488 g/mol. The molecule has 0 saturated heterocycles. The van der Waals surface area contributed by atoms with Crippen LogP contribution in [0.4, 0.5) is 26.3 Å². The third kappa shape index (κ3) is 4.35. The number of benzene rings is 2. The highest BCUT2D eigenvalue weighted by Gasteiger charge is 2.43. The van der Waals surface area contributed by atoms with E-state index in [-0.39, 0.29) is 5.22 Å². The number of hydrogen-bond donors (Lipinski definition) is 0. The van der Waals surface area contributed by atoms with Crippen molar-refractivity contribution in [2.24, 2.45) is 0 Å². The zero-order valence-corrected chi connectivity index (χ0v) is 17.1. The van der Waals surface area contributed by atoms with Crippen molar-refractivity contribution in [1.82, 2.24) is 0 Å². The maximum atomic E-state index is 13.9. The van der Waals surface area contributed by atoms with E-state index in [1.807, 2.05) is 0 Å². The summed E-state index contributed by atoms with van der Waals surface area (Å²) in [6, 6.07) is 10.6. The van der Waals surface area contributed by atoms with Gasteiger partial charge in [-0.15, -0.1) is 0 Å². The van der Waals surface area contributed by atoms with E-state index in [0.29, 0.717) is 0 Å². The van der Waals surface area contributed by atoms with Gasteiger partial charge in [-0.2, -0.15) is 63.2 Å². The van der Waals surface area contributed by atoms with Crippen LogP contribution in [0.25, 0.3) is 11.1 Å². The van der Waals surface area contributed by atoms with Crippen LogP contribution < -0.4 is 10.4 Å². The molecule has 0 bridgehead atoms. The molecule has 0 amide bonds. The zero-order chi connectivity index (χ0) is 27.4. The first-order valence-corrected chi connectivity index (χ1v) is 8.94. The van der Waals surface area contributed by atoms with Crippen molar-refractivity contribution in [3.8, 4) is 42.5 Å². The van der Waals surface area contributed by atoms with Gasteiger partial charge in [0.25, 0.3) is 0 Å². The minimum absolute atomic E-state index is 0.387. The molecule has 0 aromatic heterocycles. The van der Waals surface area contributed by atoms with Gasteiger partial charge in [0.15, 0.2) is 0 Å². The molecule has 0 N–H and O–H groups in total. The molecule has 2 rings (SSSR count). The van der Waals surface area contributed by atoms with Crippen molar-refractivity contribution in [3.05, 3.63) is 67.6 Å². The quantitative estimate of drug-likeness (QED) is 0.552. The van der Waals surface area contributed by atoms with Gasteiger partial charge in [-0.05, 0) is 6.07 Å². The van der Waals surface area contributed by atoms with Crippen LogP contribution in [0.3, 0.4) is 0 Å². The monoisotopic (exact) mass is 491 g/mol. The molecule has 0 spiro atoms. The third-order valence-corrected chi connectivity index (χ3v) is 4.71. The van der Waals surface area contributed by atoms with Crippen LogP contribution in [0.1, 0.15) is 38.9 Å². The molecular formula is C23H3F6N7. The lowest BCUT2D eigenvalue weighted by Gasteiger charge is -2.19. The first-order chi connectivity index (χ1) is 16.9. The van der Waals surface area contributed by atoms with E-state index >= 15 is 0 Å². The predicted octanol–water partition coefficient (Wildman–Crippen LogP) is 3.13. The molecule has 0 aliphatic heterocycles. The molecule has 7 nitrogen and oxygen atoms in total. The average Bonchev–Trinajstić information content (AvgIpc) is 2.83. The zero-order valence-electron chi connectivity index (χ0n) is 17.1. The van der Waals surface area contributed by atoms with Crippen LogP contribution in [0.2, 0.25) is 0 Å². The van der Waals surface area contributed by atoms with E-state index in [2.05, 4.69) is 0 Å². The highest BCUT2D eigenvalue weighted by atomic mass is 19.4. The standard InChI is InChI=1S/C23H3F6N7/c24-22(25,26)19-3-20(23(27,28)29)21(18(10-36)16(19)8-34)17(9-35)13-2-1-12(11(4-30)5-31)14(6-32)15(13)7-33/h1-3H/b17-13-. The Morgan fingerprint density at radius 3 is 1.39 bits per heavy atom. The molecule has 0 aliphatic carbocycles. The summed E-state index contributed by atoms with van der Waals surface area (Å²) in [7, 11) is 0. The molecule has 13 heteroatoms. The number of nitriles is 7. The Morgan fingerprint density at radius 2 is 1.00 bits per heavy atom. The van der Waals surface area contributed by atoms with Gasteiger partial charge in [-0.3, -0.25) is 0 Å². The molecule has 2 aromatic rings. The van der Waals surface area contributed by atoms with Gasteiger partial charge in [0.2, 0.25) is 0 Å². The first-order valence-electron chi connectivity index (χ1n) is 8.94. The lowest BCUT2D eigenvalue weighted by Crippen LogP contribution is -2.24. The summed E-state index contributed by atoms with van der Waals surface area (Å²) < 4.78 is 82.0. The highest BCUT2D eigenvalue weighted by Crippen LogP contribution is 2.42. The van der Waals surface area contributed by atoms with E-state index in [4.69, 9.17) is 10.5 Å². The summed E-state index contributed by atoms with van der Waals surface area (Å²) in [5.41, 5.74) is -11.7. The van der Waals surface area contributed by atoms with Crippen molar-refractivity contribution in [2.45, 2.75) is 12.4 Å². The second-order valence-corrected chi connectivity index (χ2v) is 6.54. The van der Waals surface area contributed by atoms with Gasteiger partial charge in [0, 0.05) is 16.0 Å². The summed E-state index contributed by atoms with van der Waals surface area (Å²) in [4.78, 5) is 0. The van der Waals surface area contributed by atoms with E-state index in [1.165, 1.54) is 30.3 Å². The van der Waals surface area contributed by atoms with Gasteiger partial charge in [-0.25, -0.2) is 0 Å². The van der Waals surface area contributed by atoms with Crippen LogP contribution >= 0.6 is 0 Å². The second-order valence-electron chi connectivity index (χ2n) is 6.54. The maximum absolute atomic E-state index is 13.9. The highest BCUT2D eigenvalue weighted by molar-refractivity contribution is 5.85. The molecule has 2 aromatic carbocycles. The van der Waals surface area contributed by atoms with E-state index in [1.54, 1.807) is 0 Å². The lowest BCUT2D eigenvalue weighted by molar-refractivity contribution is -0.143. The molecule has 0 atom stereocenters. The predicted molar refractivity (Wildman–Crippen MR) is 104 cm³/mol. The fourth-order valence-corrected chi connectivity index (χ4v) is 3.27. The molecule has 0 saturated carbocycles. The topological polar surface area (TPSA) is 167 Å². The Balaban J connectivity index is 3.45. The maximum Gasteiger partial charge on any atom is 0.417 e. The Hall–Kier alpha value is -5.81. The van der Waals surface area contributed by atoms with Crippen molar-refractivity contribution >= 4 is 11.1 Å². The van der Waals surface area contributed by atoms with Crippen molar-refractivity contribution in [1.29, 1.82) is 36.8 Å². The van der Waals surface area contributed by atoms with Gasteiger partial charge in [-0.1, -0.05) is 12.1 Å². The minimum Gasteiger partial charge on any atom is -0.192 e. The van der Waals surface area contributed by atoms with Crippen LogP contribution in [0.5, 0.6) is 0 Å². The SMILES string of the molecule is N#CC(C#N)=c1cc/c(=C(\C#N)c2c(C(F)(F)F)cc(C(F)(F)F)c(C#N)c2C#N)c(C#N)c1C#N. The normalized spacial score (nSPS) is 11.3. The Labute approximate surface area is 197 Å². The van der Waals surface area contributed by atoms with Crippen LogP contribution in [0, 0.1) is 79.3 Å². The number of hydrogen-bond acceptors (Lipinski definition) is 7. The summed E-state index contributed by atoms with van der Waals surface area (Å²) in [5.74, 6) is 0. The second kappa shape index (κ2) is 9.59. The van der Waals surface area contributed by atoms with Crippen molar-refractivity contribution in [2.75, 3.05) is 0 Å². The van der Waals surface area contributed by atoms with Gasteiger partial charge < -0.3 is 0 Å². The molecule has 0 aliphatic rings. The summed E-state index contributed by atoms with van der Waals surface area (Å²) >= 11 is 0. The summed E-state index contributed by atoms with van der Waals surface area (Å²) in [6.07, 6.45) is -11.0. The first kappa shape index (κ1) is 26.4. The number of alkyl halides is 6. The molecule has 0 unspecified atom stereocenters. The molecule has 0 radical (unpaired) electrons. The van der Waals surface area contributed by atoms with Gasteiger partial charge in [0.1, 0.15) is 48.1 Å². The number of rotatable bonds is 1. The molecule has 0 fully saturated rings. The average molecular weight is 491 g/mol. The Morgan fingerprint density at radius 1 is 0.556 bits per heavy atom. The minimum atomic E-state index is -5.57. The molecule has 0 heterocycles. The molecule has 172 valence electrons. The smallest absolute Gasteiger partial charge is 0.192 e. The largest absolute Gasteiger partial charge is 0.417 e. The van der Waals surface area contributed by atoms with Crippen LogP contribution in [-0.4, -0.2) is 0 Å². The molecule has 36 heavy (non-hydrogen) atoms. The summed E-state index contributed by atoms with van der Waals surface area (Å²) in [5, 5.41) is 64.5. The number of nitrogens with zero attached hydrogens (tertiary/aromatic N) is 7. The fraction of sp³-hybridized carbons (Fsp3) is 0.0870. The van der Waals surface area contributed by atoms with E-state index in [9.17, 15) is 52.7 Å². The lowest BCUT2D eigenvalue weighted by atomic mass is 9.86. The summed E-state index contributed by atoms with van der Waals surface area (Å²) in [6.45, 7) is 0. The Kier molecular flexibility index (Phi) is 7.04. The van der Waals surface area contributed by atoms with Crippen molar-refractivity contribution < 1.29 is 26.3 Å². The fourth-order valence-electron chi connectivity index (χ4n) is 3.27.